The number of hydrogen-bond donors (Lipinski definition) is 6. The molecule has 0 radical (unpaired) electrons. The minimum atomic E-state index is -4.86. The third kappa shape index (κ3) is 9.09. The molecular weight excluding hydrogens is 797 g/mol. The second-order valence-corrected chi connectivity index (χ2v) is 20.0. The lowest BCUT2D eigenvalue weighted by atomic mass is 9.47. The van der Waals surface area contributed by atoms with E-state index in [1.807, 2.05) is 6.92 Å². The predicted octanol–water partition coefficient (Wildman–Crippen LogP) is 2.00. The zero-order chi connectivity index (χ0) is 42.8. The molecule has 59 heavy (non-hydrogen) atoms. The van der Waals surface area contributed by atoms with Gasteiger partial charge in [-0.3, -0.25) is 4.55 Å². The molecule has 1 unspecified atom stereocenters. The number of aliphatic hydroxyl groups is 5. The van der Waals surface area contributed by atoms with Crippen molar-refractivity contribution in [1.82, 2.24) is 0 Å². The van der Waals surface area contributed by atoms with Crippen LogP contribution in [-0.2, 0) is 52.5 Å². The van der Waals surface area contributed by atoms with Crippen LogP contribution in [0.3, 0.4) is 0 Å². The van der Waals surface area contributed by atoms with Crippen molar-refractivity contribution in [1.29, 1.82) is 0 Å². The summed E-state index contributed by atoms with van der Waals surface area (Å²) in [5, 5.41) is 53.7. The monoisotopic (exact) mass is 864 g/mol. The molecule has 17 nitrogen and oxygen atoms in total. The quantitative estimate of drug-likeness (QED) is 0.122. The van der Waals surface area contributed by atoms with Gasteiger partial charge in [0.2, 0.25) is 0 Å². The van der Waals surface area contributed by atoms with E-state index in [0.717, 1.165) is 38.5 Å². The molecule has 3 saturated heterocycles. The van der Waals surface area contributed by atoms with Gasteiger partial charge < -0.3 is 63.4 Å². The van der Waals surface area contributed by atoms with Crippen LogP contribution in [0.1, 0.15) is 92.4 Å². The average Bonchev–Trinajstić information content (AvgIpc) is 3.48. The Balaban J connectivity index is 0.992. The SMILES string of the molecule is CO[C@@H]1C[C@H](O[C@@H]2[C@@H](C)O[C@@H](O[C@H]3CC[C@@]4(C)C(=CC[C@H]5[C@@H]6C[C@@H](O[C@@H]7O[C@H](COS(=O)(=O)O)[C@@H](O)[C@H](O)[C@H]7O)[C@H](C(C)O)[C@@]6(C)CC[C@@H]54)C3)C[C@H]2OC)O[C@H](C)[C@H]1O. The van der Waals surface area contributed by atoms with Crippen LogP contribution in [0.15, 0.2) is 11.6 Å². The highest BCUT2D eigenvalue weighted by Crippen LogP contribution is 2.67. The highest BCUT2D eigenvalue weighted by Gasteiger charge is 2.63. The van der Waals surface area contributed by atoms with E-state index in [9.17, 15) is 34.0 Å². The van der Waals surface area contributed by atoms with Crippen molar-refractivity contribution in [2.45, 2.75) is 191 Å². The van der Waals surface area contributed by atoms with Gasteiger partial charge in [-0.1, -0.05) is 25.5 Å². The third-order valence-corrected chi connectivity index (χ3v) is 16.0. The molecule has 7 aliphatic rings. The van der Waals surface area contributed by atoms with Gasteiger partial charge in [0.15, 0.2) is 18.9 Å². The van der Waals surface area contributed by atoms with Crippen molar-refractivity contribution in [2.75, 3.05) is 20.8 Å². The van der Waals surface area contributed by atoms with Crippen molar-refractivity contribution >= 4 is 10.4 Å². The van der Waals surface area contributed by atoms with Crippen molar-refractivity contribution < 1.29 is 80.6 Å². The van der Waals surface area contributed by atoms with Crippen LogP contribution in [0.2, 0.25) is 0 Å². The first-order valence-electron chi connectivity index (χ1n) is 21.5. The van der Waals surface area contributed by atoms with E-state index < -0.39 is 96.9 Å². The van der Waals surface area contributed by atoms with E-state index in [-0.39, 0.29) is 41.0 Å². The maximum absolute atomic E-state index is 11.3. The van der Waals surface area contributed by atoms with E-state index in [4.69, 9.17) is 42.4 Å². The Morgan fingerprint density at radius 1 is 0.814 bits per heavy atom. The van der Waals surface area contributed by atoms with Gasteiger partial charge in [-0.05, 0) is 94.3 Å². The van der Waals surface area contributed by atoms with Gasteiger partial charge in [0.05, 0.1) is 49.3 Å². The first kappa shape index (κ1) is 46.1. The summed E-state index contributed by atoms with van der Waals surface area (Å²) in [4.78, 5) is 0. The van der Waals surface area contributed by atoms with Crippen LogP contribution in [0, 0.1) is 34.5 Å². The normalized spacial score (nSPS) is 50.9. The van der Waals surface area contributed by atoms with Crippen molar-refractivity contribution in [3.05, 3.63) is 11.6 Å². The van der Waals surface area contributed by atoms with Gasteiger partial charge in [-0.2, -0.15) is 8.42 Å². The molecule has 0 aromatic heterocycles. The van der Waals surface area contributed by atoms with E-state index >= 15 is 0 Å². The smallest absolute Gasteiger partial charge is 0.393 e. The Bertz CT molecular complexity index is 1580. The Hall–Kier alpha value is -0.910. The highest BCUT2D eigenvalue weighted by atomic mass is 32.3. The molecule has 3 saturated carbocycles. The van der Waals surface area contributed by atoms with Gasteiger partial charge in [-0.25, -0.2) is 4.18 Å². The summed E-state index contributed by atoms with van der Waals surface area (Å²) in [6, 6.07) is 0. The van der Waals surface area contributed by atoms with Crippen molar-refractivity contribution in [3.8, 4) is 0 Å². The van der Waals surface area contributed by atoms with Gasteiger partial charge in [0, 0.05) is 33.0 Å². The number of fused-ring (bicyclic) bond motifs is 5. The van der Waals surface area contributed by atoms with Crippen LogP contribution >= 0.6 is 0 Å². The summed E-state index contributed by atoms with van der Waals surface area (Å²) in [6.45, 7) is 9.31. The Morgan fingerprint density at radius 3 is 2.17 bits per heavy atom. The van der Waals surface area contributed by atoms with Crippen LogP contribution in [0.4, 0.5) is 0 Å². The lowest BCUT2D eigenvalue weighted by molar-refractivity contribution is -0.319. The van der Waals surface area contributed by atoms with Crippen LogP contribution < -0.4 is 0 Å². The Labute approximate surface area is 347 Å². The number of hydrogen-bond acceptors (Lipinski definition) is 16. The summed E-state index contributed by atoms with van der Waals surface area (Å²) in [5.74, 6) is 0.567. The largest absolute Gasteiger partial charge is 0.397 e. The van der Waals surface area contributed by atoms with Crippen LogP contribution in [0.25, 0.3) is 0 Å². The van der Waals surface area contributed by atoms with E-state index in [1.54, 1.807) is 28.1 Å². The molecule has 0 aromatic carbocycles. The first-order valence-corrected chi connectivity index (χ1v) is 22.8. The van der Waals surface area contributed by atoms with Crippen molar-refractivity contribution in [3.63, 3.8) is 0 Å². The molecule has 0 amide bonds. The molecule has 0 spiro atoms. The Kier molecular flexibility index (Phi) is 14.0. The van der Waals surface area contributed by atoms with Gasteiger partial charge in [0.25, 0.3) is 0 Å². The fourth-order valence-corrected chi connectivity index (χ4v) is 12.8. The number of rotatable bonds is 12. The summed E-state index contributed by atoms with van der Waals surface area (Å²) in [7, 11) is -1.62. The number of methoxy groups -OCH3 is 2. The topological polar surface area (TPSA) is 239 Å². The molecule has 6 fully saturated rings. The lowest BCUT2D eigenvalue weighted by Crippen LogP contribution is -2.60. The van der Waals surface area contributed by atoms with Gasteiger partial charge in [-0.15, -0.1) is 0 Å². The molecule has 3 heterocycles. The van der Waals surface area contributed by atoms with Crippen LogP contribution in [0.5, 0.6) is 0 Å². The molecule has 0 bridgehead atoms. The third-order valence-electron chi connectivity index (χ3n) is 15.6. The lowest BCUT2D eigenvalue weighted by Gasteiger charge is -2.58. The molecular formula is C41H68O17S. The average molecular weight is 865 g/mol. The minimum Gasteiger partial charge on any atom is -0.393 e. The van der Waals surface area contributed by atoms with E-state index in [0.29, 0.717) is 31.1 Å². The van der Waals surface area contributed by atoms with Gasteiger partial charge in [0.1, 0.15) is 36.6 Å². The molecule has 4 aliphatic carbocycles. The molecule has 6 N–H and O–H groups in total. The molecule has 0 aromatic rings. The minimum absolute atomic E-state index is 0.0234. The van der Waals surface area contributed by atoms with E-state index in [2.05, 4.69) is 24.1 Å². The zero-order valence-corrected chi connectivity index (χ0v) is 36.1. The Morgan fingerprint density at radius 2 is 1.49 bits per heavy atom. The summed E-state index contributed by atoms with van der Waals surface area (Å²) in [6.07, 6.45) is -3.69. The van der Waals surface area contributed by atoms with Crippen molar-refractivity contribution in [2.24, 2.45) is 34.5 Å². The number of allylic oxidation sites excluding steroid dienone is 1. The maximum atomic E-state index is 11.3. The van der Waals surface area contributed by atoms with Gasteiger partial charge >= 0.3 is 10.4 Å². The molecule has 22 atom stereocenters. The maximum Gasteiger partial charge on any atom is 0.397 e. The standard InChI is InChI=1S/C41H68O17S/c1-19(42)33-27(56-39-37(46)36(45)35(44)30(57-39)18-52-59(47,48)49)15-26-24-9-8-22-14-23(10-12-40(22,4)25(24)11-13-41(26,33)5)55-31-17-29(51-7)38(21(3)54-31)58-32-16-28(50-6)34(43)20(2)53-32/h8,19-21,23-39,42-46H,9-18H2,1-7H3,(H,47,48,49)/t19?,20-,21-,23+,24-,25+,26+,27-,28-,29-,30-,31+,32+,33+,34-,35-,36+,37-,38-,39-,40+,41+/m1/s1. The zero-order valence-electron chi connectivity index (χ0n) is 35.3. The molecule has 18 heteroatoms. The predicted molar refractivity (Wildman–Crippen MR) is 207 cm³/mol. The summed E-state index contributed by atoms with van der Waals surface area (Å²) < 4.78 is 84.9. The molecule has 3 aliphatic heterocycles. The van der Waals surface area contributed by atoms with E-state index in [1.165, 1.54) is 5.57 Å². The summed E-state index contributed by atoms with van der Waals surface area (Å²) in [5.41, 5.74) is 1.08. The second-order valence-electron chi connectivity index (χ2n) is 18.9. The second kappa shape index (κ2) is 17.9. The first-order chi connectivity index (χ1) is 27.8. The summed E-state index contributed by atoms with van der Waals surface area (Å²) >= 11 is 0. The van der Waals surface area contributed by atoms with Crippen LogP contribution in [-0.4, -0.2) is 158 Å². The molecule has 7 rings (SSSR count). The highest BCUT2D eigenvalue weighted by molar-refractivity contribution is 7.80. The fraction of sp³-hybridized carbons (Fsp3) is 0.951. The molecule has 340 valence electrons. The number of aliphatic hydroxyl groups excluding tert-OH is 5. The number of ether oxygens (including phenoxy) is 8. The fourth-order valence-electron chi connectivity index (χ4n) is 12.5.